The lowest BCUT2D eigenvalue weighted by Crippen LogP contribution is -2.20. The Hall–Kier alpha value is -1.40. The van der Waals surface area contributed by atoms with Crippen LogP contribution in [0.25, 0.3) is 0 Å². The van der Waals surface area contributed by atoms with Gasteiger partial charge in [0.1, 0.15) is 12.7 Å². The molecular weight excluding hydrogens is 252 g/mol. The number of ether oxygens (including phenoxy) is 4. The molecule has 110 valence electrons. The Morgan fingerprint density at radius 3 is 2.47 bits per heavy atom. The molecule has 1 unspecified atom stereocenters. The minimum Gasteiger partial charge on any atom is -0.460 e. The molecule has 0 saturated carbocycles. The van der Waals surface area contributed by atoms with Crippen molar-refractivity contribution in [2.24, 2.45) is 0 Å². The summed E-state index contributed by atoms with van der Waals surface area (Å²) >= 11 is 0. The molecular formula is C13H22O6. The molecule has 0 saturated heterocycles. The van der Waals surface area contributed by atoms with E-state index in [4.69, 9.17) is 18.9 Å². The molecule has 6 nitrogen and oxygen atoms in total. The van der Waals surface area contributed by atoms with Gasteiger partial charge in [-0.1, -0.05) is 6.58 Å². The lowest BCUT2D eigenvalue weighted by atomic mass is 10.4. The van der Waals surface area contributed by atoms with Crippen LogP contribution in [0.15, 0.2) is 12.2 Å². The minimum atomic E-state index is -0.448. The summed E-state index contributed by atoms with van der Waals surface area (Å²) in [6.07, 6.45) is -0.114. The number of carbonyl (C=O) groups is 2. The van der Waals surface area contributed by atoms with Crippen molar-refractivity contribution in [1.82, 2.24) is 0 Å². The number of methoxy groups -OCH3 is 1. The molecule has 0 amide bonds. The highest BCUT2D eigenvalue weighted by atomic mass is 16.6. The second-order valence-corrected chi connectivity index (χ2v) is 4.03. The molecule has 6 heteroatoms. The Bertz CT molecular complexity index is 300. The molecule has 1 atom stereocenters. The van der Waals surface area contributed by atoms with E-state index < -0.39 is 5.97 Å². The smallest absolute Gasteiger partial charge is 0.333 e. The van der Waals surface area contributed by atoms with Crippen LogP contribution in [0.3, 0.4) is 0 Å². The molecule has 0 aliphatic carbocycles. The number of rotatable bonds is 10. The van der Waals surface area contributed by atoms with Crippen molar-refractivity contribution < 1.29 is 28.5 Å². The number of esters is 2. The molecule has 0 aromatic rings. The predicted octanol–water partition coefficient (Wildman–Crippen LogP) is 1.09. The van der Waals surface area contributed by atoms with E-state index in [2.05, 4.69) is 6.58 Å². The molecule has 0 fully saturated rings. The monoisotopic (exact) mass is 274 g/mol. The summed E-state index contributed by atoms with van der Waals surface area (Å²) in [5.74, 6) is -0.792. The molecule has 0 bridgehead atoms. The van der Waals surface area contributed by atoms with Crippen molar-refractivity contribution in [1.29, 1.82) is 0 Å². The van der Waals surface area contributed by atoms with Gasteiger partial charge in [0.25, 0.3) is 0 Å². The predicted molar refractivity (Wildman–Crippen MR) is 68.6 cm³/mol. The van der Waals surface area contributed by atoms with Crippen LogP contribution in [-0.2, 0) is 28.5 Å². The zero-order valence-electron chi connectivity index (χ0n) is 11.8. The summed E-state index contributed by atoms with van der Waals surface area (Å²) in [5, 5.41) is 0. The molecule has 0 aromatic heterocycles. The zero-order valence-corrected chi connectivity index (χ0v) is 11.8. The van der Waals surface area contributed by atoms with Crippen LogP contribution >= 0.6 is 0 Å². The van der Waals surface area contributed by atoms with E-state index >= 15 is 0 Å². The average molecular weight is 274 g/mol. The molecule has 19 heavy (non-hydrogen) atoms. The van der Waals surface area contributed by atoms with Gasteiger partial charge in [-0.3, -0.25) is 4.79 Å². The van der Waals surface area contributed by atoms with E-state index in [1.54, 1.807) is 21.0 Å². The van der Waals surface area contributed by atoms with Gasteiger partial charge in [0.2, 0.25) is 0 Å². The topological polar surface area (TPSA) is 71.1 Å². The maximum Gasteiger partial charge on any atom is 0.333 e. The molecule has 0 aromatic carbocycles. The SMILES string of the molecule is C=C(C)C(=O)OCCOCCC(=O)OC(C)COC. The van der Waals surface area contributed by atoms with Crippen LogP contribution in [0.4, 0.5) is 0 Å². The van der Waals surface area contributed by atoms with E-state index in [0.29, 0.717) is 12.2 Å². The second kappa shape index (κ2) is 10.5. The summed E-state index contributed by atoms with van der Waals surface area (Å²) < 4.78 is 19.8. The summed E-state index contributed by atoms with van der Waals surface area (Å²) in [4.78, 5) is 22.3. The van der Waals surface area contributed by atoms with Crippen molar-refractivity contribution in [3.8, 4) is 0 Å². The van der Waals surface area contributed by atoms with E-state index in [-0.39, 0.29) is 38.3 Å². The van der Waals surface area contributed by atoms with E-state index in [9.17, 15) is 9.59 Å². The third kappa shape index (κ3) is 10.2. The van der Waals surface area contributed by atoms with Crippen LogP contribution in [0.5, 0.6) is 0 Å². The second-order valence-electron chi connectivity index (χ2n) is 4.03. The van der Waals surface area contributed by atoms with E-state index in [0.717, 1.165) is 0 Å². The lowest BCUT2D eigenvalue weighted by Gasteiger charge is -2.12. The van der Waals surface area contributed by atoms with Gasteiger partial charge < -0.3 is 18.9 Å². The van der Waals surface area contributed by atoms with Crippen LogP contribution in [0, 0.1) is 0 Å². The van der Waals surface area contributed by atoms with Gasteiger partial charge in [0.15, 0.2) is 0 Å². The van der Waals surface area contributed by atoms with Gasteiger partial charge in [-0.05, 0) is 13.8 Å². The summed E-state index contributed by atoms with van der Waals surface area (Å²) in [6, 6.07) is 0. The fourth-order valence-electron chi connectivity index (χ4n) is 1.13. The summed E-state index contributed by atoms with van der Waals surface area (Å²) in [6.45, 7) is 7.73. The van der Waals surface area contributed by atoms with Crippen molar-refractivity contribution >= 4 is 11.9 Å². The van der Waals surface area contributed by atoms with Crippen LogP contribution in [-0.4, -0.2) is 51.6 Å². The first-order chi connectivity index (χ1) is 8.97. The largest absolute Gasteiger partial charge is 0.460 e. The molecule has 0 heterocycles. The first kappa shape index (κ1) is 17.6. The highest BCUT2D eigenvalue weighted by Crippen LogP contribution is 1.96. The van der Waals surface area contributed by atoms with Crippen LogP contribution < -0.4 is 0 Å². The zero-order chi connectivity index (χ0) is 14.7. The Labute approximate surface area is 113 Å². The molecule has 0 aliphatic rings. The molecule has 0 spiro atoms. The number of hydrogen-bond acceptors (Lipinski definition) is 6. The average Bonchev–Trinajstić information content (AvgIpc) is 2.33. The Kier molecular flexibility index (Phi) is 9.74. The van der Waals surface area contributed by atoms with E-state index in [1.807, 2.05) is 0 Å². The number of carbonyl (C=O) groups excluding carboxylic acids is 2. The minimum absolute atomic E-state index is 0.140. The number of hydrogen-bond donors (Lipinski definition) is 0. The van der Waals surface area contributed by atoms with Gasteiger partial charge in [0.05, 0.1) is 26.2 Å². The summed E-state index contributed by atoms with van der Waals surface area (Å²) in [7, 11) is 1.54. The molecule has 0 aliphatic heterocycles. The maximum absolute atomic E-state index is 11.3. The van der Waals surface area contributed by atoms with Crippen LogP contribution in [0.1, 0.15) is 20.3 Å². The van der Waals surface area contributed by atoms with Crippen molar-refractivity contribution in [2.45, 2.75) is 26.4 Å². The Balaban J connectivity index is 3.46. The van der Waals surface area contributed by atoms with Crippen molar-refractivity contribution in [3.63, 3.8) is 0 Å². The summed E-state index contributed by atoms with van der Waals surface area (Å²) in [5.41, 5.74) is 0.343. The Morgan fingerprint density at radius 2 is 1.89 bits per heavy atom. The van der Waals surface area contributed by atoms with E-state index in [1.165, 1.54) is 0 Å². The third-order valence-corrected chi connectivity index (χ3v) is 1.99. The quantitative estimate of drug-likeness (QED) is 0.337. The van der Waals surface area contributed by atoms with Crippen molar-refractivity contribution in [2.75, 3.05) is 33.5 Å². The highest BCUT2D eigenvalue weighted by molar-refractivity contribution is 5.86. The normalized spacial score (nSPS) is 11.7. The fourth-order valence-corrected chi connectivity index (χ4v) is 1.13. The first-order valence-electron chi connectivity index (χ1n) is 6.06. The first-order valence-corrected chi connectivity index (χ1v) is 6.06. The van der Waals surface area contributed by atoms with Gasteiger partial charge in [-0.15, -0.1) is 0 Å². The maximum atomic E-state index is 11.3. The van der Waals surface area contributed by atoms with Gasteiger partial charge in [-0.2, -0.15) is 0 Å². The van der Waals surface area contributed by atoms with Crippen molar-refractivity contribution in [3.05, 3.63) is 12.2 Å². The van der Waals surface area contributed by atoms with Crippen LogP contribution in [0.2, 0.25) is 0 Å². The Morgan fingerprint density at radius 1 is 1.21 bits per heavy atom. The lowest BCUT2D eigenvalue weighted by molar-refractivity contribution is -0.152. The highest BCUT2D eigenvalue weighted by Gasteiger charge is 2.09. The third-order valence-electron chi connectivity index (χ3n) is 1.99. The molecule has 0 N–H and O–H groups in total. The van der Waals surface area contributed by atoms with Gasteiger partial charge in [-0.25, -0.2) is 4.79 Å². The van der Waals surface area contributed by atoms with Gasteiger partial charge in [0, 0.05) is 12.7 Å². The molecule has 0 rings (SSSR count). The standard InChI is InChI=1S/C13H22O6/c1-10(2)13(15)18-8-7-17-6-5-12(14)19-11(3)9-16-4/h11H,1,5-9H2,2-4H3. The molecule has 0 radical (unpaired) electrons. The fraction of sp³-hybridized carbons (Fsp3) is 0.692. The van der Waals surface area contributed by atoms with Gasteiger partial charge >= 0.3 is 11.9 Å².